The number of hydrogen-bond donors (Lipinski definition) is 1. The van der Waals surface area contributed by atoms with Crippen LogP contribution >= 0.6 is 43.2 Å². The Hall–Kier alpha value is -1.80. The van der Waals surface area contributed by atoms with E-state index in [2.05, 4.69) is 31.9 Å². The van der Waals surface area contributed by atoms with Crippen molar-refractivity contribution in [1.82, 2.24) is 0 Å². The number of ketones is 1. The van der Waals surface area contributed by atoms with Gasteiger partial charge in [-0.25, -0.2) is 0 Å². The second-order valence-corrected chi connectivity index (χ2v) is 9.98. The molecule has 0 spiro atoms. The Balaban J connectivity index is 1.72. The zero-order valence-electron chi connectivity index (χ0n) is 14.6. The topological polar surface area (TPSA) is 57.6 Å². The standard InChI is InChI=1S/C21H15Br2NO3S/c22-14-6-7-16-15(10-14)21(27,11-17(25)18-8-9-19(23)28-18)20(26)24(16)12-13-4-2-1-3-5-13/h1-10,27H,11-12H2. The number of amides is 1. The van der Waals surface area contributed by atoms with E-state index in [1.807, 2.05) is 36.4 Å². The monoisotopic (exact) mass is 519 g/mol. The molecule has 3 aromatic rings. The van der Waals surface area contributed by atoms with Crippen molar-refractivity contribution in [3.05, 3.63) is 84.9 Å². The fraction of sp³-hybridized carbons (Fsp3) is 0.143. The summed E-state index contributed by atoms with van der Waals surface area (Å²) in [6.45, 7) is 0.329. The maximum Gasteiger partial charge on any atom is 0.264 e. The van der Waals surface area contributed by atoms with Crippen LogP contribution in [0, 0.1) is 0 Å². The molecule has 4 rings (SSSR count). The first-order valence-electron chi connectivity index (χ1n) is 8.55. The number of fused-ring (bicyclic) bond motifs is 1. The summed E-state index contributed by atoms with van der Waals surface area (Å²) in [7, 11) is 0. The van der Waals surface area contributed by atoms with Crippen molar-refractivity contribution in [3.63, 3.8) is 0 Å². The van der Waals surface area contributed by atoms with Crippen LogP contribution in [0.2, 0.25) is 0 Å². The molecule has 1 aliphatic heterocycles. The van der Waals surface area contributed by atoms with Crippen LogP contribution in [0.3, 0.4) is 0 Å². The van der Waals surface area contributed by atoms with Crippen LogP contribution in [0.4, 0.5) is 5.69 Å². The van der Waals surface area contributed by atoms with Crippen LogP contribution < -0.4 is 4.90 Å². The summed E-state index contributed by atoms with van der Waals surface area (Å²) in [5.41, 5.74) is 0.135. The average Bonchev–Trinajstić information content (AvgIpc) is 3.19. The van der Waals surface area contributed by atoms with Crippen LogP contribution in [-0.4, -0.2) is 16.8 Å². The van der Waals surface area contributed by atoms with Crippen LogP contribution in [0.5, 0.6) is 0 Å². The van der Waals surface area contributed by atoms with Crippen molar-refractivity contribution in [2.45, 2.75) is 18.6 Å². The number of halogens is 2. The quantitative estimate of drug-likeness (QED) is 0.465. The molecule has 2 aromatic carbocycles. The molecule has 0 radical (unpaired) electrons. The number of hydrogen-bond acceptors (Lipinski definition) is 4. The molecule has 142 valence electrons. The molecular formula is C21H15Br2NO3S. The number of rotatable bonds is 5. The van der Waals surface area contributed by atoms with E-state index in [-0.39, 0.29) is 12.2 Å². The van der Waals surface area contributed by atoms with E-state index in [4.69, 9.17) is 0 Å². The Morgan fingerprint density at radius 3 is 2.50 bits per heavy atom. The maximum atomic E-state index is 13.3. The van der Waals surface area contributed by atoms with E-state index < -0.39 is 11.5 Å². The number of Topliss-reactive ketones (excluding diaryl/α,β-unsaturated/α-hetero) is 1. The van der Waals surface area contributed by atoms with Crippen molar-refractivity contribution in [2.24, 2.45) is 0 Å². The summed E-state index contributed by atoms with van der Waals surface area (Å²) >= 11 is 8.04. The van der Waals surface area contributed by atoms with Gasteiger partial charge in [-0.05, 0) is 51.8 Å². The Morgan fingerprint density at radius 1 is 1.07 bits per heavy atom. The van der Waals surface area contributed by atoms with Gasteiger partial charge in [0.1, 0.15) is 0 Å². The normalized spacial score (nSPS) is 18.4. The minimum atomic E-state index is -1.89. The molecule has 0 saturated heterocycles. The number of anilines is 1. The SMILES string of the molecule is O=C(CC1(O)C(=O)N(Cc2ccccc2)c2ccc(Br)cc21)c1ccc(Br)s1. The summed E-state index contributed by atoms with van der Waals surface area (Å²) < 4.78 is 1.57. The molecule has 0 saturated carbocycles. The third-order valence-electron chi connectivity index (χ3n) is 4.74. The predicted octanol–water partition coefficient (Wildman–Crippen LogP) is 5.28. The zero-order chi connectivity index (χ0) is 19.9. The highest BCUT2D eigenvalue weighted by Gasteiger charge is 2.51. The minimum absolute atomic E-state index is 0.265. The Kier molecular flexibility index (Phi) is 5.26. The smallest absolute Gasteiger partial charge is 0.264 e. The average molecular weight is 521 g/mol. The highest BCUT2D eigenvalue weighted by atomic mass is 79.9. The third-order valence-corrected chi connectivity index (χ3v) is 6.90. The molecule has 4 nitrogen and oxygen atoms in total. The molecule has 1 aromatic heterocycles. The molecule has 1 unspecified atom stereocenters. The van der Waals surface area contributed by atoms with Gasteiger partial charge in [-0.3, -0.25) is 9.59 Å². The molecule has 1 amide bonds. The summed E-state index contributed by atoms with van der Waals surface area (Å²) in [6.07, 6.45) is -0.298. The maximum absolute atomic E-state index is 13.3. The van der Waals surface area contributed by atoms with Crippen molar-refractivity contribution in [3.8, 4) is 0 Å². The number of thiophene rings is 1. The van der Waals surface area contributed by atoms with Gasteiger partial charge in [-0.15, -0.1) is 11.3 Å². The highest BCUT2D eigenvalue weighted by molar-refractivity contribution is 9.11. The van der Waals surface area contributed by atoms with Gasteiger partial charge in [0.2, 0.25) is 0 Å². The first-order chi connectivity index (χ1) is 13.4. The lowest BCUT2D eigenvalue weighted by Crippen LogP contribution is -2.41. The first-order valence-corrected chi connectivity index (χ1v) is 11.0. The molecule has 28 heavy (non-hydrogen) atoms. The molecule has 0 bridgehead atoms. The van der Waals surface area contributed by atoms with Crippen LogP contribution in [-0.2, 0) is 16.9 Å². The molecule has 1 aliphatic rings. The van der Waals surface area contributed by atoms with Gasteiger partial charge in [0.15, 0.2) is 11.4 Å². The number of nitrogens with zero attached hydrogens (tertiary/aromatic N) is 1. The van der Waals surface area contributed by atoms with Gasteiger partial charge >= 0.3 is 0 Å². The third kappa shape index (κ3) is 3.48. The summed E-state index contributed by atoms with van der Waals surface area (Å²) in [6, 6.07) is 18.4. The molecule has 0 fully saturated rings. The summed E-state index contributed by atoms with van der Waals surface area (Å²) in [5.74, 6) is -0.743. The lowest BCUT2D eigenvalue weighted by atomic mass is 9.89. The van der Waals surface area contributed by atoms with Crippen molar-refractivity contribution < 1.29 is 14.7 Å². The van der Waals surface area contributed by atoms with E-state index in [1.165, 1.54) is 11.3 Å². The van der Waals surface area contributed by atoms with Crippen molar-refractivity contribution >= 4 is 60.6 Å². The Morgan fingerprint density at radius 2 is 1.82 bits per heavy atom. The van der Waals surface area contributed by atoms with Gasteiger partial charge in [0, 0.05) is 10.0 Å². The van der Waals surface area contributed by atoms with E-state index in [1.54, 1.807) is 29.2 Å². The van der Waals surface area contributed by atoms with Crippen molar-refractivity contribution in [1.29, 1.82) is 0 Å². The van der Waals surface area contributed by atoms with Crippen LogP contribution in [0.15, 0.2) is 68.9 Å². The number of benzene rings is 2. The second-order valence-electron chi connectivity index (χ2n) is 6.60. The molecule has 1 N–H and O–H groups in total. The van der Waals surface area contributed by atoms with Crippen molar-refractivity contribution in [2.75, 3.05) is 4.90 Å². The summed E-state index contributed by atoms with van der Waals surface area (Å²) in [5, 5.41) is 11.4. The lowest BCUT2D eigenvalue weighted by molar-refractivity contribution is -0.136. The molecule has 0 aliphatic carbocycles. The minimum Gasteiger partial charge on any atom is -0.375 e. The number of carbonyl (C=O) groups is 2. The first kappa shape index (κ1) is 19.5. The summed E-state index contributed by atoms with van der Waals surface area (Å²) in [4.78, 5) is 28.1. The highest BCUT2D eigenvalue weighted by Crippen LogP contribution is 2.45. The number of aliphatic hydroxyl groups is 1. The van der Waals surface area contributed by atoms with E-state index >= 15 is 0 Å². The molecule has 7 heteroatoms. The largest absolute Gasteiger partial charge is 0.375 e. The second kappa shape index (κ2) is 7.55. The zero-order valence-corrected chi connectivity index (χ0v) is 18.6. The van der Waals surface area contributed by atoms with E-state index in [0.717, 1.165) is 13.8 Å². The van der Waals surface area contributed by atoms with Gasteiger partial charge in [0.05, 0.1) is 27.3 Å². The fourth-order valence-electron chi connectivity index (χ4n) is 3.40. The van der Waals surface area contributed by atoms with Crippen LogP contribution in [0.1, 0.15) is 27.2 Å². The van der Waals surface area contributed by atoms with Gasteiger partial charge < -0.3 is 10.0 Å². The molecular weight excluding hydrogens is 506 g/mol. The van der Waals surface area contributed by atoms with Gasteiger partial charge in [0.25, 0.3) is 5.91 Å². The van der Waals surface area contributed by atoms with E-state index in [0.29, 0.717) is 22.7 Å². The predicted molar refractivity (Wildman–Crippen MR) is 117 cm³/mol. The Bertz CT molecular complexity index is 1070. The number of carbonyl (C=O) groups excluding carboxylic acids is 2. The van der Waals surface area contributed by atoms with Crippen LogP contribution in [0.25, 0.3) is 0 Å². The fourth-order valence-corrected chi connectivity index (χ4v) is 5.08. The van der Waals surface area contributed by atoms with Gasteiger partial charge in [-0.2, -0.15) is 0 Å². The van der Waals surface area contributed by atoms with Gasteiger partial charge in [-0.1, -0.05) is 46.3 Å². The Labute approximate surface area is 183 Å². The lowest BCUT2D eigenvalue weighted by Gasteiger charge is -2.22. The molecule has 2 heterocycles. The molecule has 1 atom stereocenters. The van der Waals surface area contributed by atoms with E-state index in [9.17, 15) is 14.7 Å².